The third kappa shape index (κ3) is 6.60. The van der Waals surface area contributed by atoms with Gasteiger partial charge in [0.1, 0.15) is 5.82 Å². The minimum absolute atomic E-state index is 0.0197. The summed E-state index contributed by atoms with van der Waals surface area (Å²) in [7, 11) is -3.64. The van der Waals surface area contributed by atoms with Gasteiger partial charge in [-0.15, -0.1) is 0 Å². The lowest BCUT2D eigenvalue weighted by Gasteiger charge is -2.19. The zero-order valence-corrected chi connectivity index (χ0v) is 17.8. The minimum Gasteiger partial charge on any atom is -0.334 e. The molecule has 0 saturated carbocycles. The average molecular weight is 420 g/mol. The predicted molar refractivity (Wildman–Crippen MR) is 116 cm³/mol. The second-order valence-electron chi connectivity index (χ2n) is 7.76. The van der Waals surface area contributed by atoms with E-state index in [9.17, 15) is 17.6 Å². The average Bonchev–Trinajstić information content (AvgIpc) is 2.60. The molecule has 2 rings (SSSR count). The lowest BCUT2D eigenvalue weighted by Crippen LogP contribution is -2.28. The first kappa shape index (κ1) is 22.4. The van der Waals surface area contributed by atoms with Gasteiger partial charge in [0.15, 0.2) is 0 Å². The number of halogens is 1. The number of sulfonamides is 1. The number of benzene rings is 2. The first-order valence-electron chi connectivity index (χ1n) is 8.97. The van der Waals surface area contributed by atoms with Crippen molar-refractivity contribution >= 4 is 33.5 Å². The van der Waals surface area contributed by atoms with Crippen LogP contribution < -0.4 is 15.4 Å². The molecule has 0 saturated heterocycles. The van der Waals surface area contributed by atoms with E-state index in [-0.39, 0.29) is 23.2 Å². The molecule has 8 heteroatoms. The van der Waals surface area contributed by atoms with Crippen LogP contribution in [0.15, 0.2) is 43.0 Å². The van der Waals surface area contributed by atoms with Crippen LogP contribution in [0.1, 0.15) is 37.5 Å². The van der Waals surface area contributed by atoms with Gasteiger partial charge in [-0.2, -0.15) is 0 Å². The Balaban J connectivity index is 2.04. The molecule has 0 aliphatic rings. The highest BCUT2D eigenvalue weighted by Gasteiger charge is 2.15. The molecule has 0 aliphatic heterocycles. The molecule has 2 amide bonds. The molecule has 3 N–H and O–H groups in total. The van der Waals surface area contributed by atoms with Crippen LogP contribution in [-0.4, -0.2) is 20.7 Å². The lowest BCUT2D eigenvalue weighted by molar-refractivity contribution is 0.251. The molecule has 0 bridgehead atoms. The summed E-state index contributed by atoms with van der Waals surface area (Å²) in [6, 6.07) is 9.83. The molecular formula is C21H26FN3O3S. The fourth-order valence-electron chi connectivity index (χ4n) is 2.65. The summed E-state index contributed by atoms with van der Waals surface area (Å²) in [4.78, 5) is 12.1. The van der Waals surface area contributed by atoms with E-state index in [1.807, 2.05) is 24.3 Å². The smallest absolute Gasteiger partial charge is 0.319 e. The molecule has 0 heterocycles. The van der Waals surface area contributed by atoms with Crippen molar-refractivity contribution in [3.05, 3.63) is 65.5 Å². The number of hydrogen-bond donors (Lipinski definition) is 3. The summed E-state index contributed by atoms with van der Waals surface area (Å²) in [5.74, 6) is -0.747. The van der Waals surface area contributed by atoms with Crippen LogP contribution >= 0.6 is 0 Å². The number of anilines is 2. The van der Waals surface area contributed by atoms with E-state index < -0.39 is 21.9 Å². The molecule has 29 heavy (non-hydrogen) atoms. The number of urea groups is 1. The van der Waals surface area contributed by atoms with Crippen LogP contribution in [0.4, 0.5) is 20.6 Å². The second-order valence-corrected chi connectivity index (χ2v) is 9.50. The Kier molecular flexibility index (Phi) is 6.69. The number of carbonyl (C=O) groups excluding carboxylic acids is 1. The molecule has 2 aromatic rings. The number of hydrogen-bond acceptors (Lipinski definition) is 3. The maximum atomic E-state index is 14.3. The van der Waals surface area contributed by atoms with Gasteiger partial charge in [-0.25, -0.2) is 17.6 Å². The van der Waals surface area contributed by atoms with Crippen molar-refractivity contribution in [2.24, 2.45) is 0 Å². The van der Waals surface area contributed by atoms with Gasteiger partial charge in [0.2, 0.25) is 10.0 Å². The zero-order valence-electron chi connectivity index (χ0n) is 17.0. The van der Waals surface area contributed by atoms with Crippen LogP contribution in [0.25, 0.3) is 6.08 Å². The SMILES string of the molecule is C=Cc1cc(CNC(=O)Nc2ccc(C(C)(C)C)cc2)cc(F)c1NS(C)(=O)=O. The number of carbonyl (C=O) groups is 1. The summed E-state index contributed by atoms with van der Waals surface area (Å²) >= 11 is 0. The van der Waals surface area contributed by atoms with E-state index >= 15 is 0 Å². The van der Waals surface area contributed by atoms with Crippen LogP contribution in [0.5, 0.6) is 0 Å². The summed E-state index contributed by atoms with van der Waals surface area (Å²) in [5.41, 5.74) is 2.39. The third-order valence-electron chi connectivity index (χ3n) is 4.15. The van der Waals surface area contributed by atoms with E-state index in [0.29, 0.717) is 11.3 Å². The lowest BCUT2D eigenvalue weighted by atomic mass is 9.87. The Labute approximate surface area is 171 Å². The molecular weight excluding hydrogens is 393 g/mol. The molecule has 0 radical (unpaired) electrons. The Morgan fingerprint density at radius 2 is 1.79 bits per heavy atom. The highest BCUT2D eigenvalue weighted by Crippen LogP contribution is 2.25. The number of amides is 2. The van der Waals surface area contributed by atoms with Gasteiger partial charge in [0, 0.05) is 17.8 Å². The molecule has 0 fully saturated rings. The Morgan fingerprint density at radius 1 is 1.17 bits per heavy atom. The van der Waals surface area contributed by atoms with Gasteiger partial charge in [0.05, 0.1) is 11.9 Å². The second kappa shape index (κ2) is 8.65. The molecule has 156 valence electrons. The van der Waals surface area contributed by atoms with Crippen LogP contribution in [0.3, 0.4) is 0 Å². The summed E-state index contributed by atoms with van der Waals surface area (Å²) in [6.07, 6.45) is 2.28. The quantitative estimate of drug-likeness (QED) is 0.646. The van der Waals surface area contributed by atoms with Gasteiger partial charge < -0.3 is 10.6 Å². The van der Waals surface area contributed by atoms with Crippen molar-refractivity contribution in [2.45, 2.75) is 32.7 Å². The fraction of sp³-hybridized carbons (Fsp3) is 0.286. The molecule has 0 spiro atoms. The molecule has 6 nitrogen and oxygen atoms in total. The topological polar surface area (TPSA) is 87.3 Å². The molecule has 0 unspecified atom stereocenters. The highest BCUT2D eigenvalue weighted by molar-refractivity contribution is 7.92. The van der Waals surface area contributed by atoms with Crippen molar-refractivity contribution in [1.29, 1.82) is 0 Å². The van der Waals surface area contributed by atoms with E-state index in [2.05, 4.69) is 42.7 Å². The van der Waals surface area contributed by atoms with Crippen molar-refractivity contribution < 1.29 is 17.6 Å². The van der Waals surface area contributed by atoms with Gasteiger partial charge in [-0.05, 0) is 40.8 Å². The summed E-state index contributed by atoms with van der Waals surface area (Å²) < 4.78 is 39.3. The van der Waals surface area contributed by atoms with E-state index in [0.717, 1.165) is 11.8 Å². The van der Waals surface area contributed by atoms with E-state index in [1.165, 1.54) is 12.1 Å². The van der Waals surface area contributed by atoms with Crippen molar-refractivity contribution in [2.75, 3.05) is 16.3 Å². The normalized spacial score (nSPS) is 11.6. The van der Waals surface area contributed by atoms with Crippen molar-refractivity contribution in [3.8, 4) is 0 Å². The summed E-state index contributed by atoms with van der Waals surface area (Å²) in [5, 5.41) is 5.37. The van der Waals surface area contributed by atoms with Gasteiger partial charge in [-0.3, -0.25) is 4.72 Å². The van der Waals surface area contributed by atoms with Crippen molar-refractivity contribution in [3.63, 3.8) is 0 Å². The van der Waals surface area contributed by atoms with Gasteiger partial charge >= 0.3 is 6.03 Å². The first-order chi connectivity index (χ1) is 13.4. The molecule has 0 aromatic heterocycles. The fourth-order valence-corrected chi connectivity index (χ4v) is 3.24. The maximum Gasteiger partial charge on any atom is 0.319 e. The van der Waals surface area contributed by atoms with E-state index in [4.69, 9.17) is 0 Å². The number of rotatable bonds is 6. The van der Waals surface area contributed by atoms with Crippen LogP contribution in [0, 0.1) is 5.82 Å². The Morgan fingerprint density at radius 3 is 2.31 bits per heavy atom. The zero-order chi connectivity index (χ0) is 21.8. The third-order valence-corrected chi connectivity index (χ3v) is 4.72. The molecule has 2 aromatic carbocycles. The Hall–Kier alpha value is -2.87. The van der Waals surface area contributed by atoms with E-state index in [1.54, 1.807) is 6.07 Å². The summed E-state index contributed by atoms with van der Waals surface area (Å²) in [6.45, 7) is 9.96. The van der Waals surface area contributed by atoms with Crippen LogP contribution in [0.2, 0.25) is 0 Å². The van der Waals surface area contributed by atoms with Crippen molar-refractivity contribution in [1.82, 2.24) is 5.32 Å². The standard InChI is InChI=1S/C21H26FN3O3S/c1-6-15-11-14(12-18(22)19(15)25-29(5,27)28)13-23-20(26)24-17-9-7-16(8-10-17)21(2,3)4/h6-12,25H,1,13H2,2-5H3,(H2,23,24,26). The largest absolute Gasteiger partial charge is 0.334 e. The van der Waals surface area contributed by atoms with Crippen LogP contribution in [-0.2, 0) is 22.0 Å². The first-order valence-corrected chi connectivity index (χ1v) is 10.9. The predicted octanol–water partition coefficient (Wildman–Crippen LogP) is 4.46. The maximum absolute atomic E-state index is 14.3. The Bertz CT molecular complexity index is 1010. The molecule has 0 atom stereocenters. The monoisotopic (exact) mass is 419 g/mol. The van der Waals surface area contributed by atoms with Gasteiger partial charge in [0.25, 0.3) is 0 Å². The minimum atomic E-state index is -3.64. The van der Waals surface area contributed by atoms with Gasteiger partial charge in [-0.1, -0.05) is 45.6 Å². The highest BCUT2D eigenvalue weighted by atomic mass is 32.2. The molecule has 0 aliphatic carbocycles. The number of nitrogens with one attached hydrogen (secondary N) is 3.